The maximum Gasteiger partial charge on any atom is 0.135 e. The van der Waals surface area contributed by atoms with Crippen LogP contribution < -0.4 is 0 Å². The van der Waals surface area contributed by atoms with Gasteiger partial charge in [0.15, 0.2) is 0 Å². The largest absolute Gasteiger partial charge is 0.332 e. The zero-order chi connectivity index (χ0) is 8.84. The summed E-state index contributed by atoms with van der Waals surface area (Å²) in [6, 6.07) is 2.22. The van der Waals surface area contributed by atoms with Gasteiger partial charge in [-0.2, -0.15) is 5.10 Å². The molecule has 1 saturated carbocycles. The Hall–Kier alpha value is -1.25. The molecule has 3 nitrogen and oxygen atoms in total. The minimum atomic E-state index is 0.755. The third-order valence-electron chi connectivity index (χ3n) is 2.75. The first-order valence-electron chi connectivity index (χ1n) is 4.93. The molecular formula is C10H13N3. The highest BCUT2D eigenvalue weighted by Crippen LogP contribution is 2.39. The van der Waals surface area contributed by atoms with Crippen LogP contribution >= 0.6 is 0 Å². The number of hydrogen-bond acceptors (Lipinski definition) is 1. The second kappa shape index (κ2) is 2.37. The molecule has 68 valence electrons. The Labute approximate surface area is 77.0 Å². The fraction of sp³-hybridized carbons (Fsp3) is 0.500. The maximum absolute atomic E-state index is 4.54. The number of imidazole rings is 1. The van der Waals surface area contributed by atoms with Crippen molar-refractivity contribution in [2.24, 2.45) is 0 Å². The third kappa shape index (κ3) is 0.996. The van der Waals surface area contributed by atoms with Crippen LogP contribution in [0.5, 0.6) is 0 Å². The smallest absolute Gasteiger partial charge is 0.135 e. The van der Waals surface area contributed by atoms with Gasteiger partial charge in [-0.25, -0.2) is 4.52 Å². The van der Waals surface area contributed by atoms with Gasteiger partial charge in [-0.1, -0.05) is 0 Å². The zero-order valence-electron chi connectivity index (χ0n) is 7.77. The average molecular weight is 175 g/mol. The summed E-state index contributed by atoms with van der Waals surface area (Å²) >= 11 is 0. The normalized spacial score (nSPS) is 17.0. The Bertz CT molecular complexity index is 434. The van der Waals surface area contributed by atoms with E-state index in [1.807, 2.05) is 10.7 Å². The van der Waals surface area contributed by atoms with E-state index in [9.17, 15) is 0 Å². The number of aryl methyl sites for hydroxylation is 1. The summed E-state index contributed by atoms with van der Waals surface area (Å²) in [7, 11) is 0. The van der Waals surface area contributed by atoms with Crippen LogP contribution in [0.15, 0.2) is 18.5 Å². The molecule has 0 radical (unpaired) electrons. The van der Waals surface area contributed by atoms with Crippen LogP contribution in [0.25, 0.3) is 5.65 Å². The third-order valence-corrected chi connectivity index (χ3v) is 2.75. The highest BCUT2D eigenvalue weighted by Gasteiger charge is 2.26. The number of hydrogen-bond donors (Lipinski definition) is 0. The molecule has 0 aliphatic heterocycles. The molecule has 0 saturated heterocycles. The highest BCUT2D eigenvalue weighted by molar-refractivity contribution is 5.42. The molecule has 2 heterocycles. The zero-order valence-corrected chi connectivity index (χ0v) is 7.77. The first kappa shape index (κ1) is 7.18. The summed E-state index contributed by atoms with van der Waals surface area (Å²) in [6.45, 7) is 3.18. The fourth-order valence-electron chi connectivity index (χ4n) is 1.79. The Morgan fingerprint density at radius 2 is 2.31 bits per heavy atom. The first-order chi connectivity index (χ1) is 6.38. The van der Waals surface area contributed by atoms with E-state index < -0.39 is 0 Å². The molecule has 0 amide bonds. The standard InChI is InChI=1S/C10H13N3/c1-2-12-5-6-13-10(12)7-9(11-13)8-3-4-8/h5-8H,2-4H2,1H3. The van der Waals surface area contributed by atoms with Crippen molar-refractivity contribution >= 4 is 5.65 Å². The summed E-state index contributed by atoms with van der Waals surface area (Å²) < 4.78 is 4.20. The molecule has 2 aromatic heterocycles. The molecule has 0 unspecified atom stereocenters. The summed E-state index contributed by atoms with van der Waals surface area (Å²) in [5.74, 6) is 0.755. The molecule has 0 aromatic carbocycles. The Kier molecular flexibility index (Phi) is 1.31. The van der Waals surface area contributed by atoms with Gasteiger partial charge in [0.2, 0.25) is 0 Å². The van der Waals surface area contributed by atoms with Gasteiger partial charge in [0.25, 0.3) is 0 Å². The van der Waals surface area contributed by atoms with Crippen molar-refractivity contribution in [3.8, 4) is 0 Å². The van der Waals surface area contributed by atoms with Gasteiger partial charge in [-0.3, -0.25) is 0 Å². The van der Waals surface area contributed by atoms with Gasteiger partial charge in [0.1, 0.15) is 5.65 Å². The molecule has 0 N–H and O–H groups in total. The Morgan fingerprint density at radius 1 is 1.46 bits per heavy atom. The topological polar surface area (TPSA) is 22.2 Å². The first-order valence-corrected chi connectivity index (χ1v) is 4.93. The van der Waals surface area contributed by atoms with Crippen LogP contribution in [0.4, 0.5) is 0 Å². The molecule has 3 rings (SSSR count). The van der Waals surface area contributed by atoms with Gasteiger partial charge in [-0.15, -0.1) is 0 Å². The molecule has 1 aliphatic rings. The van der Waals surface area contributed by atoms with E-state index >= 15 is 0 Å². The number of rotatable bonds is 2. The van der Waals surface area contributed by atoms with Gasteiger partial charge in [-0.05, 0) is 19.8 Å². The molecule has 0 spiro atoms. The predicted molar refractivity (Wildman–Crippen MR) is 50.8 cm³/mol. The van der Waals surface area contributed by atoms with Crippen LogP contribution in [0.1, 0.15) is 31.4 Å². The molecule has 0 atom stereocenters. The Morgan fingerprint density at radius 3 is 3.00 bits per heavy atom. The van der Waals surface area contributed by atoms with E-state index in [2.05, 4.69) is 28.9 Å². The molecule has 13 heavy (non-hydrogen) atoms. The van der Waals surface area contributed by atoms with Crippen LogP contribution in [0, 0.1) is 0 Å². The number of nitrogens with zero attached hydrogens (tertiary/aromatic N) is 3. The van der Waals surface area contributed by atoms with Gasteiger partial charge >= 0.3 is 0 Å². The summed E-state index contributed by atoms with van der Waals surface area (Å²) in [6.07, 6.45) is 6.77. The van der Waals surface area contributed by atoms with E-state index in [0.29, 0.717) is 0 Å². The lowest BCUT2D eigenvalue weighted by Crippen LogP contribution is -1.90. The van der Waals surface area contributed by atoms with E-state index in [1.54, 1.807) is 0 Å². The van der Waals surface area contributed by atoms with Gasteiger partial charge < -0.3 is 4.57 Å². The van der Waals surface area contributed by atoms with E-state index in [1.165, 1.54) is 24.2 Å². The second-order valence-corrected chi connectivity index (χ2v) is 3.73. The summed E-state index contributed by atoms with van der Waals surface area (Å²) in [4.78, 5) is 0. The monoisotopic (exact) mass is 175 g/mol. The van der Waals surface area contributed by atoms with Crippen molar-refractivity contribution in [2.45, 2.75) is 32.2 Å². The summed E-state index contributed by atoms with van der Waals surface area (Å²) in [5.41, 5.74) is 2.50. The van der Waals surface area contributed by atoms with E-state index in [4.69, 9.17) is 0 Å². The maximum atomic E-state index is 4.54. The SMILES string of the molecule is CCn1ccn2nc(C3CC3)cc12. The predicted octanol–water partition coefficient (Wildman–Crippen LogP) is 2.03. The molecular weight excluding hydrogens is 162 g/mol. The van der Waals surface area contributed by atoms with Crippen molar-refractivity contribution in [2.75, 3.05) is 0 Å². The quantitative estimate of drug-likeness (QED) is 0.684. The van der Waals surface area contributed by atoms with Crippen LogP contribution in [-0.2, 0) is 6.54 Å². The molecule has 2 aromatic rings. The van der Waals surface area contributed by atoms with E-state index in [0.717, 1.165) is 12.5 Å². The van der Waals surface area contributed by atoms with Crippen molar-refractivity contribution in [3.63, 3.8) is 0 Å². The van der Waals surface area contributed by atoms with Crippen LogP contribution in [0.3, 0.4) is 0 Å². The second-order valence-electron chi connectivity index (χ2n) is 3.73. The van der Waals surface area contributed by atoms with Crippen LogP contribution in [0.2, 0.25) is 0 Å². The van der Waals surface area contributed by atoms with Crippen molar-refractivity contribution < 1.29 is 0 Å². The average Bonchev–Trinajstić information content (AvgIpc) is 2.78. The van der Waals surface area contributed by atoms with Crippen LogP contribution in [-0.4, -0.2) is 14.2 Å². The van der Waals surface area contributed by atoms with Gasteiger partial charge in [0.05, 0.1) is 5.69 Å². The van der Waals surface area contributed by atoms with E-state index in [-0.39, 0.29) is 0 Å². The molecule has 1 fully saturated rings. The van der Waals surface area contributed by atoms with Crippen molar-refractivity contribution in [3.05, 3.63) is 24.2 Å². The fourth-order valence-corrected chi connectivity index (χ4v) is 1.79. The highest BCUT2D eigenvalue weighted by atomic mass is 15.3. The minimum absolute atomic E-state index is 0.755. The Balaban J connectivity index is 2.16. The summed E-state index contributed by atoms with van der Waals surface area (Å²) in [5, 5.41) is 4.54. The molecule has 0 bridgehead atoms. The lowest BCUT2D eigenvalue weighted by Gasteiger charge is -1.93. The van der Waals surface area contributed by atoms with Gasteiger partial charge in [0, 0.05) is 30.9 Å². The van der Waals surface area contributed by atoms with Crippen molar-refractivity contribution in [1.29, 1.82) is 0 Å². The molecule has 1 aliphatic carbocycles. The molecule has 3 heteroatoms. The lowest BCUT2D eigenvalue weighted by molar-refractivity contribution is 0.788. The van der Waals surface area contributed by atoms with Crippen molar-refractivity contribution in [1.82, 2.24) is 14.2 Å². The number of aromatic nitrogens is 3. The number of fused-ring (bicyclic) bond motifs is 1. The minimum Gasteiger partial charge on any atom is -0.332 e. The lowest BCUT2D eigenvalue weighted by atomic mass is 10.3.